The quantitative estimate of drug-likeness (QED) is 0.498. The Balaban J connectivity index is 1.72. The Morgan fingerprint density at radius 3 is 2.03 bits per heavy atom. The number of sulfonamides is 1. The van der Waals surface area contributed by atoms with E-state index < -0.39 is 27.7 Å². The summed E-state index contributed by atoms with van der Waals surface area (Å²) < 4.78 is 43.9. The van der Waals surface area contributed by atoms with Gasteiger partial charge in [0.1, 0.15) is 5.82 Å². The summed E-state index contributed by atoms with van der Waals surface area (Å²) in [6, 6.07) is 17.9. The van der Waals surface area contributed by atoms with Crippen molar-refractivity contribution >= 4 is 33.3 Å². The molecule has 0 fully saturated rings. The summed E-state index contributed by atoms with van der Waals surface area (Å²) in [5.41, 5.74) is 2.18. The smallest absolute Gasteiger partial charge is 0.338 e. The highest BCUT2D eigenvalue weighted by Crippen LogP contribution is 2.22. The number of carbonyl (C=O) groups excluding carboxylic acids is 2. The molecule has 0 radical (unpaired) electrons. The number of halogens is 1. The van der Waals surface area contributed by atoms with Crippen LogP contribution in [0.1, 0.15) is 33.2 Å². The number of amides is 1. The molecule has 1 amide bonds. The first-order valence-corrected chi connectivity index (χ1v) is 11.9. The van der Waals surface area contributed by atoms with Gasteiger partial charge in [-0.15, -0.1) is 0 Å². The van der Waals surface area contributed by atoms with Crippen LogP contribution in [0.5, 0.6) is 0 Å². The third kappa shape index (κ3) is 6.39. The predicted molar refractivity (Wildman–Crippen MR) is 124 cm³/mol. The zero-order valence-electron chi connectivity index (χ0n) is 18.1. The Labute approximate surface area is 191 Å². The molecule has 172 valence electrons. The third-order valence-electron chi connectivity index (χ3n) is 4.71. The molecule has 7 nitrogen and oxygen atoms in total. The fourth-order valence-corrected chi connectivity index (χ4v) is 3.93. The minimum Gasteiger partial charge on any atom is -0.462 e. The zero-order valence-corrected chi connectivity index (χ0v) is 18.9. The lowest BCUT2D eigenvalue weighted by atomic mass is 10.1. The molecule has 0 spiro atoms. The molecular formula is C24H23FN2O5S. The van der Waals surface area contributed by atoms with Crippen molar-refractivity contribution in [1.82, 2.24) is 0 Å². The van der Waals surface area contributed by atoms with E-state index in [1.54, 1.807) is 31.2 Å². The van der Waals surface area contributed by atoms with Crippen LogP contribution < -0.4 is 9.62 Å². The second kappa shape index (κ2) is 10.3. The molecule has 3 aromatic carbocycles. The first-order valence-electron chi connectivity index (χ1n) is 10.1. The van der Waals surface area contributed by atoms with E-state index >= 15 is 0 Å². The van der Waals surface area contributed by atoms with Crippen molar-refractivity contribution in [2.75, 3.05) is 22.5 Å². The van der Waals surface area contributed by atoms with Crippen LogP contribution in [0, 0.1) is 5.82 Å². The van der Waals surface area contributed by atoms with Crippen molar-refractivity contribution in [2.24, 2.45) is 0 Å². The highest BCUT2D eigenvalue weighted by molar-refractivity contribution is 7.92. The van der Waals surface area contributed by atoms with Crippen LogP contribution in [-0.2, 0) is 21.3 Å². The van der Waals surface area contributed by atoms with Crippen molar-refractivity contribution < 1.29 is 27.1 Å². The molecule has 0 heterocycles. The summed E-state index contributed by atoms with van der Waals surface area (Å²) in [6.45, 7) is 2.02. The van der Waals surface area contributed by atoms with Gasteiger partial charge in [-0.3, -0.25) is 9.10 Å². The Hall–Kier alpha value is -3.72. The maximum absolute atomic E-state index is 13.2. The first-order chi connectivity index (χ1) is 15.7. The molecule has 0 aliphatic rings. The van der Waals surface area contributed by atoms with Crippen LogP contribution >= 0.6 is 0 Å². The molecule has 0 aliphatic heterocycles. The van der Waals surface area contributed by atoms with Crippen LogP contribution in [0.15, 0.2) is 72.8 Å². The number of ether oxygens (including phenoxy) is 1. The Morgan fingerprint density at radius 1 is 0.909 bits per heavy atom. The molecule has 0 bridgehead atoms. The average Bonchev–Trinajstić information content (AvgIpc) is 2.78. The van der Waals surface area contributed by atoms with E-state index in [1.165, 1.54) is 52.8 Å². The van der Waals surface area contributed by atoms with Gasteiger partial charge in [0.2, 0.25) is 10.0 Å². The Morgan fingerprint density at radius 2 is 1.48 bits per heavy atom. The lowest BCUT2D eigenvalue weighted by Crippen LogP contribution is -2.29. The largest absolute Gasteiger partial charge is 0.462 e. The summed E-state index contributed by atoms with van der Waals surface area (Å²) in [6.07, 6.45) is 1.08. The maximum atomic E-state index is 13.2. The predicted octanol–water partition coefficient (Wildman–Crippen LogP) is 4.22. The summed E-state index contributed by atoms with van der Waals surface area (Å²) in [7, 11) is -3.62. The molecule has 0 aromatic heterocycles. The third-order valence-corrected chi connectivity index (χ3v) is 5.85. The van der Waals surface area contributed by atoms with E-state index in [4.69, 9.17) is 4.74 Å². The van der Waals surface area contributed by atoms with Crippen LogP contribution in [0.4, 0.5) is 15.8 Å². The summed E-state index contributed by atoms with van der Waals surface area (Å²) in [5.74, 6) is -1.24. The Kier molecular flexibility index (Phi) is 7.44. The SMILES string of the molecule is CCOC(=O)c1ccc(NC(=O)c2ccc(N(Cc3ccc(F)cc3)S(C)(=O)=O)cc2)cc1. The molecule has 9 heteroatoms. The monoisotopic (exact) mass is 470 g/mol. The standard InChI is InChI=1S/C24H23FN2O5S/c1-3-32-24(29)19-6-12-21(13-7-19)26-23(28)18-8-14-22(15-9-18)27(33(2,30)31)16-17-4-10-20(25)11-5-17/h4-15H,3,16H2,1-2H3,(H,26,28). The first kappa shape index (κ1) is 23.9. The molecular weight excluding hydrogens is 447 g/mol. The minimum absolute atomic E-state index is 0.0253. The van der Waals surface area contributed by atoms with Gasteiger partial charge in [-0.1, -0.05) is 12.1 Å². The summed E-state index contributed by atoms with van der Waals surface area (Å²) in [4.78, 5) is 24.3. The van der Waals surface area contributed by atoms with E-state index in [0.29, 0.717) is 28.1 Å². The highest BCUT2D eigenvalue weighted by atomic mass is 32.2. The highest BCUT2D eigenvalue weighted by Gasteiger charge is 2.18. The molecule has 0 aliphatic carbocycles. The van der Waals surface area contributed by atoms with Gasteiger partial charge in [0, 0.05) is 11.3 Å². The van der Waals surface area contributed by atoms with E-state index in [0.717, 1.165) is 6.26 Å². The minimum atomic E-state index is -3.62. The van der Waals surface area contributed by atoms with Gasteiger partial charge in [-0.05, 0) is 73.2 Å². The number of rotatable bonds is 8. The molecule has 0 saturated heterocycles. The molecule has 0 saturated carbocycles. The van der Waals surface area contributed by atoms with Gasteiger partial charge in [0.15, 0.2) is 0 Å². The Bertz CT molecular complexity index is 1230. The molecule has 33 heavy (non-hydrogen) atoms. The van der Waals surface area contributed by atoms with Crippen LogP contribution in [0.25, 0.3) is 0 Å². The number of nitrogens with zero attached hydrogens (tertiary/aromatic N) is 1. The number of carbonyl (C=O) groups is 2. The van der Waals surface area contributed by atoms with Crippen LogP contribution in [-0.4, -0.2) is 33.2 Å². The van der Waals surface area contributed by atoms with Crippen LogP contribution in [0.2, 0.25) is 0 Å². The van der Waals surface area contributed by atoms with Gasteiger partial charge in [0.05, 0.1) is 30.7 Å². The number of hydrogen-bond acceptors (Lipinski definition) is 5. The summed E-state index contributed by atoms with van der Waals surface area (Å²) >= 11 is 0. The van der Waals surface area contributed by atoms with Gasteiger partial charge < -0.3 is 10.1 Å². The van der Waals surface area contributed by atoms with Gasteiger partial charge in [0.25, 0.3) is 5.91 Å². The van der Waals surface area contributed by atoms with Crippen molar-refractivity contribution in [3.05, 3.63) is 95.3 Å². The number of nitrogens with one attached hydrogen (secondary N) is 1. The van der Waals surface area contributed by atoms with Crippen molar-refractivity contribution in [2.45, 2.75) is 13.5 Å². The van der Waals surface area contributed by atoms with E-state index in [-0.39, 0.29) is 13.2 Å². The molecule has 0 atom stereocenters. The fourth-order valence-electron chi connectivity index (χ4n) is 3.04. The van der Waals surface area contributed by atoms with E-state index in [9.17, 15) is 22.4 Å². The lowest BCUT2D eigenvalue weighted by molar-refractivity contribution is 0.0526. The fraction of sp³-hybridized carbons (Fsp3) is 0.167. The van der Waals surface area contributed by atoms with Crippen molar-refractivity contribution in [1.29, 1.82) is 0 Å². The maximum Gasteiger partial charge on any atom is 0.338 e. The number of anilines is 2. The normalized spacial score (nSPS) is 11.0. The summed E-state index contributed by atoms with van der Waals surface area (Å²) in [5, 5.41) is 2.72. The molecule has 0 unspecified atom stereocenters. The lowest BCUT2D eigenvalue weighted by Gasteiger charge is -2.22. The van der Waals surface area contributed by atoms with E-state index in [1.807, 2.05) is 0 Å². The average molecular weight is 471 g/mol. The number of hydrogen-bond donors (Lipinski definition) is 1. The second-order valence-corrected chi connectivity index (χ2v) is 9.10. The molecule has 1 N–H and O–H groups in total. The van der Waals surface area contributed by atoms with E-state index in [2.05, 4.69) is 5.32 Å². The van der Waals surface area contributed by atoms with Crippen LogP contribution in [0.3, 0.4) is 0 Å². The number of esters is 1. The van der Waals surface area contributed by atoms with Crippen molar-refractivity contribution in [3.63, 3.8) is 0 Å². The van der Waals surface area contributed by atoms with Crippen molar-refractivity contribution in [3.8, 4) is 0 Å². The molecule has 3 aromatic rings. The number of benzene rings is 3. The topological polar surface area (TPSA) is 92.8 Å². The van der Waals surface area contributed by atoms with Gasteiger partial charge >= 0.3 is 5.97 Å². The van der Waals surface area contributed by atoms with Gasteiger partial charge in [-0.2, -0.15) is 0 Å². The molecule has 3 rings (SSSR count). The zero-order chi connectivity index (χ0) is 24.0. The second-order valence-electron chi connectivity index (χ2n) is 7.19. The van der Waals surface area contributed by atoms with Gasteiger partial charge in [-0.25, -0.2) is 17.6 Å².